The molecule has 0 unspecified atom stereocenters. The van der Waals surface area contributed by atoms with E-state index < -0.39 is 0 Å². The molecule has 1 aliphatic heterocycles. The van der Waals surface area contributed by atoms with Crippen molar-refractivity contribution in [1.82, 2.24) is 4.90 Å². The van der Waals surface area contributed by atoms with E-state index in [-0.39, 0.29) is 5.54 Å². The second-order valence-corrected chi connectivity index (χ2v) is 5.99. The van der Waals surface area contributed by atoms with Crippen molar-refractivity contribution < 1.29 is 0 Å². The molecule has 0 N–H and O–H groups in total. The van der Waals surface area contributed by atoms with Crippen molar-refractivity contribution in [3.8, 4) is 0 Å². The van der Waals surface area contributed by atoms with Gasteiger partial charge in [0.25, 0.3) is 0 Å². The third-order valence-corrected chi connectivity index (χ3v) is 5.28. The highest BCUT2D eigenvalue weighted by molar-refractivity contribution is 5.42. The summed E-state index contributed by atoms with van der Waals surface area (Å²) in [5, 5.41) is 0. The maximum Gasteiger partial charge on any atom is 0.0488 e. The van der Waals surface area contributed by atoms with Crippen LogP contribution in [0.25, 0.3) is 0 Å². The molecule has 0 saturated carbocycles. The second kappa shape index (κ2) is 3.10. The van der Waals surface area contributed by atoms with E-state index in [9.17, 15) is 0 Å². The second-order valence-electron chi connectivity index (χ2n) is 5.99. The van der Waals surface area contributed by atoms with Crippen LogP contribution in [0.1, 0.15) is 37.8 Å². The number of nitrogens with zero attached hydrogens (tertiary/aromatic N) is 1. The van der Waals surface area contributed by atoms with E-state index in [2.05, 4.69) is 50.1 Å². The van der Waals surface area contributed by atoms with Crippen LogP contribution in [0, 0.1) is 5.41 Å². The molecule has 1 nitrogen and oxygen atoms in total. The molecule has 0 amide bonds. The number of rotatable bonds is 0. The van der Waals surface area contributed by atoms with Gasteiger partial charge in [0.2, 0.25) is 0 Å². The lowest BCUT2D eigenvalue weighted by molar-refractivity contribution is -0.0279. The molecule has 2 aliphatic rings. The minimum Gasteiger partial charge on any atom is -0.296 e. The Morgan fingerprint density at radius 2 is 1.94 bits per heavy atom. The third kappa shape index (κ3) is 1.05. The molecule has 2 atom stereocenters. The molecule has 0 spiro atoms. The van der Waals surface area contributed by atoms with Gasteiger partial charge < -0.3 is 0 Å². The fourth-order valence-corrected chi connectivity index (χ4v) is 4.00. The average molecular weight is 215 g/mol. The zero-order chi connectivity index (χ0) is 11.4. The highest BCUT2D eigenvalue weighted by Gasteiger charge is 2.55. The summed E-state index contributed by atoms with van der Waals surface area (Å²) in [6, 6.07) is 9.03. The maximum atomic E-state index is 2.57. The van der Waals surface area contributed by atoms with Crippen LogP contribution in [0.4, 0.5) is 0 Å². The molecule has 1 aromatic carbocycles. The van der Waals surface area contributed by atoms with Crippen molar-refractivity contribution in [2.75, 3.05) is 13.6 Å². The van der Waals surface area contributed by atoms with Crippen molar-refractivity contribution in [3.05, 3.63) is 35.4 Å². The molecule has 86 valence electrons. The SMILES string of the molecule is CN1CCC[C@]2(C)Cc3ccccc3[C@]12C. The van der Waals surface area contributed by atoms with Gasteiger partial charge in [-0.25, -0.2) is 0 Å². The fraction of sp³-hybridized carbons (Fsp3) is 0.600. The highest BCUT2D eigenvalue weighted by Crippen LogP contribution is 2.57. The van der Waals surface area contributed by atoms with Gasteiger partial charge in [0.1, 0.15) is 0 Å². The molecule has 16 heavy (non-hydrogen) atoms. The first-order valence-corrected chi connectivity index (χ1v) is 6.38. The van der Waals surface area contributed by atoms with E-state index in [1.54, 1.807) is 11.1 Å². The van der Waals surface area contributed by atoms with Gasteiger partial charge in [-0.2, -0.15) is 0 Å². The van der Waals surface area contributed by atoms with E-state index in [0.717, 1.165) is 0 Å². The largest absolute Gasteiger partial charge is 0.296 e. The fourth-order valence-electron chi connectivity index (χ4n) is 4.00. The molecule has 0 aromatic heterocycles. The summed E-state index contributed by atoms with van der Waals surface area (Å²) in [4.78, 5) is 2.57. The van der Waals surface area contributed by atoms with Gasteiger partial charge in [-0.3, -0.25) is 4.90 Å². The number of hydrogen-bond acceptors (Lipinski definition) is 1. The van der Waals surface area contributed by atoms with Crippen LogP contribution in [0.15, 0.2) is 24.3 Å². The summed E-state index contributed by atoms with van der Waals surface area (Å²) >= 11 is 0. The van der Waals surface area contributed by atoms with E-state index in [4.69, 9.17) is 0 Å². The van der Waals surface area contributed by atoms with Crippen LogP contribution < -0.4 is 0 Å². The number of fused-ring (bicyclic) bond motifs is 3. The van der Waals surface area contributed by atoms with E-state index in [1.807, 2.05) is 0 Å². The molecule has 3 rings (SSSR count). The van der Waals surface area contributed by atoms with Crippen molar-refractivity contribution in [2.24, 2.45) is 5.41 Å². The Labute approximate surface area is 98.5 Å². The van der Waals surface area contributed by atoms with Gasteiger partial charge in [-0.15, -0.1) is 0 Å². The molecular formula is C15H21N. The third-order valence-electron chi connectivity index (χ3n) is 5.28. The first-order chi connectivity index (χ1) is 7.58. The highest BCUT2D eigenvalue weighted by atomic mass is 15.2. The molecule has 1 heterocycles. The predicted molar refractivity (Wildman–Crippen MR) is 67.5 cm³/mol. The van der Waals surface area contributed by atoms with Gasteiger partial charge in [0.05, 0.1) is 0 Å². The zero-order valence-corrected chi connectivity index (χ0v) is 10.6. The Morgan fingerprint density at radius 3 is 2.75 bits per heavy atom. The number of likely N-dealkylation sites (tertiary alicyclic amines) is 1. The van der Waals surface area contributed by atoms with Crippen LogP contribution in [-0.2, 0) is 12.0 Å². The Kier molecular flexibility index (Phi) is 2.00. The summed E-state index contributed by atoms with van der Waals surface area (Å²) < 4.78 is 0. The van der Waals surface area contributed by atoms with Crippen LogP contribution >= 0.6 is 0 Å². The van der Waals surface area contributed by atoms with Crippen LogP contribution in [0.2, 0.25) is 0 Å². The lowest BCUT2D eigenvalue weighted by atomic mass is 9.66. The predicted octanol–water partition coefficient (Wildman–Crippen LogP) is 3.19. The zero-order valence-electron chi connectivity index (χ0n) is 10.6. The van der Waals surface area contributed by atoms with Crippen LogP contribution in [0.3, 0.4) is 0 Å². The van der Waals surface area contributed by atoms with Gasteiger partial charge >= 0.3 is 0 Å². The van der Waals surface area contributed by atoms with Gasteiger partial charge in [0, 0.05) is 5.54 Å². The average Bonchev–Trinajstić information content (AvgIpc) is 2.50. The minimum absolute atomic E-state index is 0.252. The summed E-state index contributed by atoms with van der Waals surface area (Å²) in [6.07, 6.45) is 3.96. The van der Waals surface area contributed by atoms with E-state index in [0.29, 0.717) is 5.41 Å². The van der Waals surface area contributed by atoms with Gasteiger partial charge in [0.15, 0.2) is 0 Å². The Bertz CT molecular complexity index is 425. The van der Waals surface area contributed by atoms with Crippen LogP contribution in [-0.4, -0.2) is 18.5 Å². The lowest BCUT2D eigenvalue weighted by Crippen LogP contribution is -2.54. The monoisotopic (exact) mass is 215 g/mol. The summed E-state index contributed by atoms with van der Waals surface area (Å²) in [7, 11) is 2.29. The lowest BCUT2D eigenvalue weighted by Gasteiger charge is -2.52. The van der Waals surface area contributed by atoms with Crippen molar-refractivity contribution in [2.45, 2.75) is 38.6 Å². The number of piperidine rings is 1. The van der Waals surface area contributed by atoms with Crippen molar-refractivity contribution in [1.29, 1.82) is 0 Å². The summed E-state index contributed by atoms with van der Waals surface area (Å²) in [5.74, 6) is 0. The minimum atomic E-state index is 0.252. The molecule has 1 fully saturated rings. The standard InChI is InChI=1S/C15H21N/c1-14-9-6-10-16(3)15(14,2)13-8-5-4-7-12(13)11-14/h4-5,7-8H,6,9-11H2,1-3H3/t14-,15+/m1/s1. The first kappa shape index (κ1) is 10.3. The van der Waals surface area contributed by atoms with Crippen molar-refractivity contribution >= 4 is 0 Å². The molecule has 0 bridgehead atoms. The quantitative estimate of drug-likeness (QED) is 0.642. The molecule has 1 saturated heterocycles. The van der Waals surface area contributed by atoms with E-state index in [1.165, 1.54) is 25.8 Å². The van der Waals surface area contributed by atoms with E-state index >= 15 is 0 Å². The Morgan fingerprint density at radius 1 is 1.19 bits per heavy atom. The summed E-state index contributed by atoms with van der Waals surface area (Å²) in [5.41, 5.74) is 3.83. The smallest absolute Gasteiger partial charge is 0.0488 e. The Hall–Kier alpha value is -0.820. The Balaban J connectivity index is 2.20. The molecule has 0 radical (unpaired) electrons. The molecule has 1 aromatic rings. The van der Waals surface area contributed by atoms with Gasteiger partial charge in [-0.05, 0) is 56.3 Å². The topological polar surface area (TPSA) is 3.24 Å². The summed E-state index contributed by atoms with van der Waals surface area (Å²) in [6.45, 7) is 6.15. The first-order valence-electron chi connectivity index (χ1n) is 6.38. The molecular weight excluding hydrogens is 194 g/mol. The number of benzene rings is 1. The normalized spacial score (nSPS) is 38.2. The molecule has 1 heteroatoms. The number of hydrogen-bond donors (Lipinski definition) is 0. The van der Waals surface area contributed by atoms with Crippen molar-refractivity contribution in [3.63, 3.8) is 0 Å². The maximum absolute atomic E-state index is 2.57. The van der Waals surface area contributed by atoms with Gasteiger partial charge in [-0.1, -0.05) is 31.2 Å². The molecule has 1 aliphatic carbocycles. The van der Waals surface area contributed by atoms with Crippen LogP contribution in [0.5, 0.6) is 0 Å².